The Kier molecular flexibility index (Phi) is 5.39. The van der Waals surface area contributed by atoms with E-state index in [-0.39, 0.29) is 0 Å². The second kappa shape index (κ2) is 7.27. The molecule has 1 N–H and O–H groups in total. The minimum atomic E-state index is 0.659. The number of aryl methyl sites for hydroxylation is 1. The van der Waals surface area contributed by atoms with E-state index in [4.69, 9.17) is 16.3 Å². The van der Waals surface area contributed by atoms with E-state index in [2.05, 4.69) is 22.2 Å². The third kappa shape index (κ3) is 3.85. The van der Waals surface area contributed by atoms with Crippen LogP contribution >= 0.6 is 11.6 Å². The number of rotatable bonds is 6. The summed E-state index contributed by atoms with van der Waals surface area (Å²) in [4.78, 5) is 9.16. The smallest absolute Gasteiger partial charge is 0.131 e. The summed E-state index contributed by atoms with van der Waals surface area (Å²) in [6, 6.07) is 7.46. The van der Waals surface area contributed by atoms with Gasteiger partial charge >= 0.3 is 0 Å². The molecular weight excluding hydrogens is 286 g/mol. The SMILES string of the molecule is CCCc1nc(NCC)cc(-c2cc(Cl)ccc2OC)n1. The quantitative estimate of drug-likeness (QED) is 0.869. The van der Waals surface area contributed by atoms with E-state index in [1.54, 1.807) is 7.11 Å². The molecule has 1 aromatic heterocycles. The molecule has 112 valence electrons. The highest BCUT2D eigenvalue weighted by atomic mass is 35.5. The molecule has 0 amide bonds. The lowest BCUT2D eigenvalue weighted by Gasteiger charge is -2.12. The van der Waals surface area contributed by atoms with Crippen LogP contribution in [0.3, 0.4) is 0 Å². The van der Waals surface area contributed by atoms with Crippen LogP contribution in [0.15, 0.2) is 24.3 Å². The van der Waals surface area contributed by atoms with E-state index in [1.165, 1.54) is 0 Å². The van der Waals surface area contributed by atoms with Crippen LogP contribution in [0.1, 0.15) is 26.1 Å². The van der Waals surface area contributed by atoms with E-state index in [1.807, 2.05) is 31.2 Å². The highest BCUT2D eigenvalue weighted by molar-refractivity contribution is 6.30. The number of aromatic nitrogens is 2. The van der Waals surface area contributed by atoms with Crippen LogP contribution in [0, 0.1) is 0 Å². The van der Waals surface area contributed by atoms with E-state index in [0.29, 0.717) is 5.02 Å². The minimum Gasteiger partial charge on any atom is -0.496 e. The van der Waals surface area contributed by atoms with Crippen LogP contribution in [0.25, 0.3) is 11.3 Å². The van der Waals surface area contributed by atoms with Crippen molar-refractivity contribution in [2.75, 3.05) is 19.0 Å². The summed E-state index contributed by atoms with van der Waals surface area (Å²) in [5.74, 6) is 2.41. The zero-order valence-electron chi connectivity index (χ0n) is 12.6. The second-order valence-corrected chi connectivity index (χ2v) is 5.12. The fourth-order valence-electron chi connectivity index (χ4n) is 2.12. The van der Waals surface area contributed by atoms with E-state index >= 15 is 0 Å². The molecule has 0 saturated heterocycles. The van der Waals surface area contributed by atoms with Gasteiger partial charge in [0.05, 0.1) is 12.8 Å². The number of ether oxygens (including phenoxy) is 1. The van der Waals surface area contributed by atoms with Gasteiger partial charge < -0.3 is 10.1 Å². The molecule has 0 fully saturated rings. The first-order valence-electron chi connectivity index (χ1n) is 7.13. The second-order valence-electron chi connectivity index (χ2n) is 4.68. The van der Waals surface area contributed by atoms with E-state index in [9.17, 15) is 0 Å². The van der Waals surface area contributed by atoms with Gasteiger partial charge in [-0.05, 0) is 31.5 Å². The van der Waals surface area contributed by atoms with Crippen molar-refractivity contribution >= 4 is 17.4 Å². The number of hydrogen-bond donors (Lipinski definition) is 1. The van der Waals surface area contributed by atoms with Crippen LogP contribution in [-0.2, 0) is 6.42 Å². The first-order valence-corrected chi connectivity index (χ1v) is 7.51. The first kappa shape index (κ1) is 15.6. The van der Waals surface area contributed by atoms with Crippen LogP contribution in [0.4, 0.5) is 5.82 Å². The number of methoxy groups -OCH3 is 1. The molecule has 0 aliphatic heterocycles. The van der Waals surface area contributed by atoms with Crippen molar-refractivity contribution in [1.82, 2.24) is 9.97 Å². The highest BCUT2D eigenvalue weighted by Crippen LogP contribution is 2.32. The average molecular weight is 306 g/mol. The molecule has 0 atom stereocenters. The molecule has 0 radical (unpaired) electrons. The Balaban J connectivity index is 2.53. The zero-order chi connectivity index (χ0) is 15.2. The average Bonchev–Trinajstić information content (AvgIpc) is 2.47. The molecule has 0 aliphatic rings. The molecule has 0 bridgehead atoms. The number of halogens is 1. The topological polar surface area (TPSA) is 47.0 Å². The summed E-state index contributed by atoms with van der Waals surface area (Å²) in [5, 5.41) is 3.90. The Hall–Kier alpha value is -1.81. The molecule has 4 nitrogen and oxygen atoms in total. The summed E-state index contributed by atoms with van der Waals surface area (Å²) < 4.78 is 5.41. The van der Waals surface area contributed by atoms with Crippen molar-refractivity contribution in [3.8, 4) is 17.0 Å². The summed E-state index contributed by atoms with van der Waals surface area (Å²) >= 11 is 6.11. The third-order valence-corrected chi connectivity index (χ3v) is 3.28. The summed E-state index contributed by atoms with van der Waals surface area (Å²) in [6.07, 6.45) is 1.84. The number of anilines is 1. The Morgan fingerprint density at radius 3 is 2.67 bits per heavy atom. The van der Waals surface area contributed by atoms with Crippen LogP contribution < -0.4 is 10.1 Å². The third-order valence-electron chi connectivity index (χ3n) is 3.04. The Morgan fingerprint density at radius 1 is 1.19 bits per heavy atom. The lowest BCUT2D eigenvalue weighted by Crippen LogP contribution is -2.05. The standard InChI is InChI=1S/C16H20ClN3O/c1-4-6-15-19-13(10-16(20-15)18-5-2)12-9-11(17)7-8-14(12)21-3/h7-10H,4-6H2,1-3H3,(H,18,19,20). The molecule has 1 heterocycles. The van der Waals surface area contributed by atoms with Gasteiger partial charge in [-0.1, -0.05) is 18.5 Å². The number of nitrogens with zero attached hydrogens (tertiary/aromatic N) is 2. The van der Waals surface area contributed by atoms with Crippen molar-refractivity contribution in [3.63, 3.8) is 0 Å². The lowest BCUT2D eigenvalue weighted by molar-refractivity contribution is 0.416. The van der Waals surface area contributed by atoms with Gasteiger partial charge in [-0.25, -0.2) is 9.97 Å². The number of hydrogen-bond acceptors (Lipinski definition) is 4. The minimum absolute atomic E-state index is 0.659. The van der Waals surface area contributed by atoms with Crippen molar-refractivity contribution in [2.45, 2.75) is 26.7 Å². The molecule has 0 spiro atoms. The van der Waals surface area contributed by atoms with E-state index < -0.39 is 0 Å². The van der Waals surface area contributed by atoms with E-state index in [0.717, 1.165) is 48.0 Å². The van der Waals surface area contributed by atoms with Crippen molar-refractivity contribution in [1.29, 1.82) is 0 Å². The summed E-state index contributed by atoms with van der Waals surface area (Å²) in [6.45, 7) is 4.97. The fraction of sp³-hybridized carbons (Fsp3) is 0.375. The van der Waals surface area contributed by atoms with Crippen molar-refractivity contribution in [3.05, 3.63) is 35.1 Å². The van der Waals surface area contributed by atoms with Gasteiger partial charge in [0.25, 0.3) is 0 Å². The van der Waals surface area contributed by atoms with Crippen molar-refractivity contribution < 1.29 is 4.74 Å². The first-order chi connectivity index (χ1) is 10.2. The Labute approximate surface area is 130 Å². The molecule has 1 aromatic carbocycles. The van der Waals surface area contributed by atoms with Crippen LogP contribution in [-0.4, -0.2) is 23.6 Å². The Morgan fingerprint density at radius 2 is 2.00 bits per heavy atom. The molecule has 0 saturated carbocycles. The van der Waals surface area contributed by atoms with Gasteiger partial charge in [-0.15, -0.1) is 0 Å². The highest BCUT2D eigenvalue weighted by Gasteiger charge is 2.11. The van der Waals surface area contributed by atoms with Gasteiger partial charge in [0.2, 0.25) is 0 Å². The monoisotopic (exact) mass is 305 g/mol. The molecular formula is C16H20ClN3O. The largest absolute Gasteiger partial charge is 0.496 e. The predicted molar refractivity (Wildman–Crippen MR) is 87.2 cm³/mol. The van der Waals surface area contributed by atoms with Gasteiger partial charge in [-0.3, -0.25) is 0 Å². The maximum Gasteiger partial charge on any atom is 0.131 e. The molecule has 0 unspecified atom stereocenters. The lowest BCUT2D eigenvalue weighted by atomic mass is 10.1. The molecule has 5 heteroatoms. The summed E-state index contributed by atoms with van der Waals surface area (Å²) in [7, 11) is 1.64. The summed E-state index contributed by atoms with van der Waals surface area (Å²) in [5.41, 5.74) is 1.70. The fourth-order valence-corrected chi connectivity index (χ4v) is 2.29. The zero-order valence-corrected chi connectivity index (χ0v) is 13.4. The van der Waals surface area contributed by atoms with Crippen molar-refractivity contribution in [2.24, 2.45) is 0 Å². The predicted octanol–water partition coefficient (Wildman–Crippen LogP) is 4.19. The number of benzene rings is 1. The normalized spacial score (nSPS) is 10.5. The van der Waals surface area contributed by atoms with Gasteiger partial charge in [-0.2, -0.15) is 0 Å². The van der Waals surface area contributed by atoms with Gasteiger partial charge in [0.1, 0.15) is 17.4 Å². The van der Waals surface area contributed by atoms with Crippen LogP contribution in [0.2, 0.25) is 5.02 Å². The van der Waals surface area contributed by atoms with Crippen LogP contribution in [0.5, 0.6) is 5.75 Å². The molecule has 2 rings (SSSR count). The molecule has 21 heavy (non-hydrogen) atoms. The maximum absolute atomic E-state index is 6.11. The number of nitrogens with one attached hydrogen (secondary N) is 1. The van der Waals surface area contributed by atoms with Gasteiger partial charge in [0.15, 0.2) is 0 Å². The Bertz CT molecular complexity index is 592. The van der Waals surface area contributed by atoms with Gasteiger partial charge in [0, 0.05) is 29.6 Å². The molecule has 2 aromatic rings. The maximum atomic E-state index is 6.11. The molecule has 0 aliphatic carbocycles.